The van der Waals surface area contributed by atoms with Crippen LogP contribution in [0.2, 0.25) is 0 Å². The Morgan fingerprint density at radius 3 is 2.52 bits per heavy atom. The molecule has 0 aromatic heterocycles. The normalized spacial score (nSPS) is 13.1. The van der Waals surface area contributed by atoms with Gasteiger partial charge in [-0.05, 0) is 26.0 Å². The van der Waals surface area contributed by atoms with Gasteiger partial charge in [0.05, 0.1) is 24.2 Å². The molecule has 0 aliphatic heterocycles. The molecule has 0 bridgehead atoms. The number of aliphatic hydroxyl groups is 1. The second-order valence-electron chi connectivity index (χ2n) is 4.63. The van der Waals surface area contributed by atoms with Crippen molar-refractivity contribution in [3.63, 3.8) is 0 Å². The van der Waals surface area contributed by atoms with Crippen molar-refractivity contribution >= 4 is 10.0 Å². The van der Waals surface area contributed by atoms with Gasteiger partial charge in [0.25, 0.3) is 0 Å². The number of aryl methyl sites for hydroxylation is 1. The fraction of sp³-hybridized carbons (Fsp3) is 0.467. The van der Waals surface area contributed by atoms with Crippen LogP contribution in [-0.2, 0) is 14.8 Å². The standard InChI is InChI=1S/C15H21NO4S/c1-4-10-16(11-14(17)12-20-5-2)21(18,19)15-8-6-13(3)7-9-15/h1,6-9,14,17H,5,10-12H2,2-3H3. The van der Waals surface area contributed by atoms with Gasteiger partial charge >= 0.3 is 0 Å². The fourth-order valence-electron chi connectivity index (χ4n) is 1.75. The molecule has 0 saturated heterocycles. The lowest BCUT2D eigenvalue weighted by molar-refractivity contribution is 0.0342. The van der Waals surface area contributed by atoms with E-state index in [1.807, 2.05) is 6.92 Å². The van der Waals surface area contributed by atoms with E-state index in [-0.39, 0.29) is 24.6 Å². The lowest BCUT2D eigenvalue weighted by atomic mass is 10.2. The predicted octanol–water partition coefficient (Wildman–Crippen LogP) is 1.02. The topological polar surface area (TPSA) is 66.8 Å². The molecular formula is C15H21NO4S. The molecule has 0 fully saturated rings. The molecule has 1 rings (SSSR count). The zero-order valence-electron chi connectivity index (χ0n) is 12.3. The number of hydrogen-bond acceptors (Lipinski definition) is 4. The number of aliphatic hydroxyl groups excluding tert-OH is 1. The van der Waals surface area contributed by atoms with Gasteiger partial charge in [-0.1, -0.05) is 23.6 Å². The van der Waals surface area contributed by atoms with Crippen molar-refractivity contribution in [3.05, 3.63) is 29.8 Å². The van der Waals surface area contributed by atoms with Crippen molar-refractivity contribution in [1.29, 1.82) is 0 Å². The quantitative estimate of drug-likeness (QED) is 0.728. The molecule has 5 nitrogen and oxygen atoms in total. The fourth-order valence-corrected chi connectivity index (χ4v) is 3.14. The monoisotopic (exact) mass is 311 g/mol. The summed E-state index contributed by atoms with van der Waals surface area (Å²) in [5.74, 6) is 2.31. The smallest absolute Gasteiger partial charge is 0.244 e. The SMILES string of the molecule is C#CCN(CC(O)COCC)S(=O)(=O)c1ccc(C)cc1. The Hall–Kier alpha value is -1.39. The highest BCUT2D eigenvalue weighted by Crippen LogP contribution is 2.16. The summed E-state index contributed by atoms with van der Waals surface area (Å²) in [5.41, 5.74) is 0.967. The Morgan fingerprint density at radius 2 is 2.00 bits per heavy atom. The number of sulfonamides is 1. The average molecular weight is 311 g/mol. The Bertz CT molecular complexity index is 575. The minimum Gasteiger partial charge on any atom is -0.389 e. The van der Waals surface area contributed by atoms with Crippen LogP contribution >= 0.6 is 0 Å². The zero-order valence-corrected chi connectivity index (χ0v) is 13.1. The van der Waals surface area contributed by atoms with Crippen molar-refractivity contribution < 1.29 is 18.3 Å². The third-order valence-electron chi connectivity index (χ3n) is 2.86. The van der Waals surface area contributed by atoms with Gasteiger partial charge in [0.15, 0.2) is 0 Å². The highest BCUT2D eigenvalue weighted by atomic mass is 32.2. The maximum atomic E-state index is 12.5. The van der Waals surface area contributed by atoms with E-state index in [0.717, 1.165) is 9.87 Å². The molecule has 21 heavy (non-hydrogen) atoms. The second kappa shape index (κ2) is 8.15. The van der Waals surface area contributed by atoms with Crippen LogP contribution < -0.4 is 0 Å². The molecule has 0 radical (unpaired) electrons. The summed E-state index contributed by atoms with van der Waals surface area (Å²) in [4.78, 5) is 0.159. The van der Waals surface area contributed by atoms with Crippen molar-refractivity contribution in [2.24, 2.45) is 0 Å². The van der Waals surface area contributed by atoms with E-state index in [2.05, 4.69) is 5.92 Å². The first-order valence-electron chi connectivity index (χ1n) is 6.68. The summed E-state index contributed by atoms with van der Waals surface area (Å²) < 4.78 is 31.2. The van der Waals surface area contributed by atoms with E-state index in [1.165, 1.54) is 12.1 Å². The number of nitrogens with zero attached hydrogens (tertiary/aromatic N) is 1. The third-order valence-corrected chi connectivity index (χ3v) is 4.68. The molecule has 116 valence electrons. The summed E-state index contributed by atoms with van der Waals surface area (Å²) >= 11 is 0. The minimum absolute atomic E-state index is 0.0704. The van der Waals surface area contributed by atoms with Crippen LogP contribution in [0.3, 0.4) is 0 Å². The summed E-state index contributed by atoms with van der Waals surface area (Å²) in [5, 5.41) is 9.83. The van der Waals surface area contributed by atoms with Gasteiger partial charge in [0.1, 0.15) is 0 Å². The van der Waals surface area contributed by atoms with E-state index in [1.54, 1.807) is 19.1 Å². The first-order chi connectivity index (χ1) is 9.91. The Labute approximate surface area is 126 Å². The Balaban J connectivity index is 2.93. The van der Waals surface area contributed by atoms with Crippen molar-refractivity contribution in [2.45, 2.75) is 24.8 Å². The largest absolute Gasteiger partial charge is 0.389 e. The summed E-state index contributed by atoms with van der Waals surface area (Å²) in [7, 11) is -3.72. The van der Waals surface area contributed by atoms with Crippen LogP contribution in [0.25, 0.3) is 0 Å². The van der Waals surface area contributed by atoms with Crippen LogP contribution in [-0.4, -0.2) is 50.2 Å². The molecule has 1 unspecified atom stereocenters. The first-order valence-corrected chi connectivity index (χ1v) is 8.12. The van der Waals surface area contributed by atoms with Crippen LogP contribution in [0.1, 0.15) is 12.5 Å². The second-order valence-corrected chi connectivity index (χ2v) is 6.57. The molecule has 1 aromatic carbocycles. The molecule has 1 atom stereocenters. The van der Waals surface area contributed by atoms with E-state index in [4.69, 9.17) is 11.2 Å². The molecule has 1 aromatic rings. The van der Waals surface area contributed by atoms with E-state index in [0.29, 0.717) is 6.61 Å². The molecule has 1 N–H and O–H groups in total. The predicted molar refractivity (Wildman–Crippen MR) is 81.3 cm³/mol. The average Bonchev–Trinajstić information content (AvgIpc) is 2.45. The highest BCUT2D eigenvalue weighted by Gasteiger charge is 2.25. The summed E-state index contributed by atoms with van der Waals surface area (Å²) in [6.07, 6.45) is 4.32. The van der Waals surface area contributed by atoms with Gasteiger partial charge in [0, 0.05) is 13.2 Å². The first kappa shape index (κ1) is 17.7. The number of terminal acetylenes is 1. The number of benzene rings is 1. The molecular weight excluding hydrogens is 290 g/mol. The Kier molecular flexibility index (Phi) is 6.85. The van der Waals surface area contributed by atoms with Gasteiger partial charge in [-0.3, -0.25) is 0 Å². The van der Waals surface area contributed by atoms with E-state index < -0.39 is 16.1 Å². The summed E-state index contributed by atoms with van der Waals surface area (Å²) in [6.45, 7) is 4.01. The number of hydrogen-bond donors (Lipinski definition) is 1. The highest BCUT2D eigenvalue weighted by molar-refractivity contribution is 7.89. The van der Waals surface area contributed by atoms with Crippen molar-refractivity contribution in [3.8, 4) is 12.3 Å². The third kappa shape index (κ3) is 5.14. The molecule has 0 aliphatic rings. The maximum absolute atomic E-state index is 12.5. The van der Waals surface area contributed by atoms with Gasteiger partial charge < -0.3 is 9.84 Å². The summed E-state index contributed by atoms with van der Waals surface area (Å²) in [6, 6.07) is 6.50. The molecule has 0 aliphatic carbocycles. The van der Waals surface area contributed by atoms with Gasteiger partial charge in [-0.2, -0.15) is 4.31 Å². The molecule has 6 heteroatoms. The molecule has 0 saturated carbocycles. The maximum Gasteiger partial charge on any atom is 0.244 e. The van der Waals surface area contributed by atoms with Crippen molar-refractivity contribution in [1.82, 2.24) is 4.31 Å². The van der Waals surface area contributed by atoms with Crippen LogP contribution in [0.5, 0.6) is 0 Å². The Morgan fingerprint density at radius 1 is 1.38 bits per heavy atom. The zero-order chi connectivity index (χ0) is 15.9. The van der Waals surface area contributed by atoms with Crippen LogP contribution in [0, 0.1) is 19.3 Å². The lowest BCUT2D eigenvalue weighted by Crippen LogP contribution is -2.39. The number of rotatable bonds is 8. The van der Waals surface area contributed by atoms with E-state index in [9.17, 15) is 13.5 Å². The lowest BCUT2D eigenvalue weighted by Gasteiger charge is -2.22. The van der Waals surface area contributed by atoms with Crippen LogP contribution in [0.15, 0.2) is 29.2 Å². The molecule has 0 amide bonds. The molecule has 0 spiro atoms. The van der Waals surface area contributed by atoms with Crippen molar-refractivity contribution in [2.75, 3.05) is 26.3 Å². The van der Waals surface area contributed by atoms with Gasteiger partial charge in [0.2, 0.25) is 10.0 Å². The number of ether oxygens (including phenoxy) is 1. The van der Waals surface area contributed by atoms with Crippen LogP contribution in [0.4, 0.5) is 0 Å². The molecule has 0 heterocycles. The van der Waals surface area contributed by atoms with Gasteiger partial charge in [-0.25, -0.2) is 8.42 Å². The van der Waals surface area contributed by atoms with Gasteiger partial charge in [-0.15, -0.1) is 6.42 Å². The van der Waals surface area contributed by atoms with E-state index >= 15 is 0 Å². The minimum atomic E-state index is -3.72.